The van der Waals surface area contributed by atoms with Crippen molar-refractivity contribution in [3.63, 3.8) is 0 Å². The summed E-state index contributed by atoms with van der Waals surface area (Å²) in [5, 5.41) is 0. The molecule has 2 aliphatic rings. The summed E-state index contributed by atoms with van der Waals surface area (Å²) in [4.78, 5) is 27.6. The average molecular weight is 632 g/mol. The van der Waals surface area contributed by atoms with Crippen LogP contribution in [0.1, 0.15) is 73.4 Å². The molecule has 0 saturated carbocycles. The number of hydrogen-bond donors (Lipinski definition) is 1. The van der Waals surface area contributed by atoms with Crippen LogP contribution in [0.4, 0.5) is 31.1 Å². The van der Waals surface area contributed by atoms with E-state index in [1.54, 1.807) is 4.90 Å². The van der Waals surface area contributed by atoms with Crippen molar-refractivity contribution in [2.24, 2.45) is 11.7 Å². The molecule has 2 heterocycles. The Morgan fingerprint density at radius 2 is 1.52 bits per heavy atom. The molecule has 2 aromatic carbocycles. The summed E-state index contributed by atoms with van der Waals surface area (Å²) in [5.41, 5.74) is 3.82. The number of ether oxygens (including phenoxy) is 2. The second kappa shape index (κ2) is 15.6. The number of rotatable bonds is 7. The van der Waals surface area contributed by atoms with E-state index in [1.165, 1.54) is 26.0 Å². The van der Waals surface area contributed by atoms with Gasteiger partial charge in [0.1, 0.15) is 0 Å². The predicted molar refractivity (Wildman–Crippen MR) is 151 cm³/mol. The summed E-state index contributed by atoms with van der Waals surface area (Å²) < 4.78 is 85.3. The van der Waals surface area contributed by atoms with Gasteiger partial charge in [0.25, 0.3) is 0 Å². The van der Waals surface area contributed by atoms with Gasteiger partial charge in [-0.2, -0.15) is 26.3 Å². The summed E-state index contributed by atoms with van der Waals surface area (Å²) in [6, 6.07) is 11.8. The van der Waals surface area contributed by atoms with E-state index in [2.05, 4.69) is 17.0 Å². The first-order chi connectivity index (χ1) is 20.7. The Morgan fingerprint density at radius 1 is 0.932 bits per heavy atom. The number of methoxy groups -OCH3 is 1. The summed E-state index contributed by atoms with van der Waals surface area (Å²) in [6.07, 6.45) is -5.49. The Bertz CT molecular complexity index is 1190. The van der Waals surface area contributed by atoms with E-state index in [9.17, 15) is 35.9 Å². The maximum absolute atomic E-state index is 12.5. The first-order valence-electron chi connectivity index (χ1n) is 14.5. The number of piperidine rings is 2. The second-order valence-corrected chi connectivity index (χ2v) is 11.1. The summed E-state index contributed by atoms with van der Waals surface area (Å²) in [6.45, 7) is 4.33. The zero-order chi connectivity index (χ0) is 32.5. The maximum atomic E-state index is 12.5. The van der Waals surface area contributed by atoms with E-state index in [-0.39, 0.29) is 42.1 Å². The van der Waals surface area contributed by atoms with Crippen LogP contribution in [0.2, 0.25) is 0 Å². The van der Waals surface area contributed by atoms with Crippen molar-refractivity contribution in [2.45, 2.75) is 63.5 Å². The summed E-state index contributed by atoms with van der Waals surface area (Å²) in [7, 11) is 1.21. The van der Waals surface area contributed by atoms with Crippen LogP contribution in [0.25, 0.3) is 0 Å². The number of likely N-dealkylation sites (tertiary alicyclic amines) is 2. The van der Waals surface area contributed by atoms with Gasteiger partial charge in [-0.1, -0.05) is 30.3 Å². The second-order valence-electron chi connectivity index (χ2n) is 11.1. The maximum Gasteiger partial charge on any atom is 0.416 e. The van der Waals surface area contributed by atoms with E-state index in [0.717, 1.165) is 45.3 Å². The van der Waals surface area contributed by atoms with Gasteiger partial charge in [0, 0.05) is 38.7 Å². The fourth-order valence-electron chi connectivity index (χ4n) is 5.40. The molecule has 44 heavy (non-hydrogen) atoms. The molecular formula is C31H39F6N3O4. The Kier molecular flexibility index (Phi) is 12.5. The van der Waals surface area contributed by atoms with Crippen LogP contribution in [0, 0.1) is 5.92 Å². The number of alkyl halides is 6. The molecule has 0 unspecified atom stereocenters. The van der Waals surface area contributed by atoms with Crippen molar-refractivity contribution in [3.05, 3.63) is 70.8 Å². The van der Waals surface area contributed by atoms with Crippen molar-refractivity contribution in [3.8, 4) is 0 Å². The SMILES string of the molecule is CO[C@H](C)c1cc(C(F)(F)F)cc(C(F)(F)F)c1.NC(=O)CN1C[C@@H](COC(=O)N2CCCCC2)CC[C@H]1c1ccccc1. The van der Waals surface area contributed by atoms with E-state index in [0.29, 0.717) is 18.7 Å². The molecule has 0 aliphatic carbocycles. The molecule has 0 spiro atoms. The minimum atomic E-state index is -4.83. The number of nitrogens with two attached hydrogens (primary N) is 1. The number of carbonyl (C=O) groups is 2. The Labute approximate surface area is 253 Å². The van der Waals surface area contributed by atoms with Crippen molar-refractivity contribution in [2.75, 3.05) is 39.9 Å². The number of primary amides is 1. The molecular weight excluding hydrogens is 592 g/mol. The smallest absolute Gasteiger partial charge is 0.416 e. The lowest BCUT2D eigenvalue weighted by atomic mass is 9.89. The van der Waals surface area contributed by atoms with Gasteiger partial charge in [0.15, 0.2) is 0 Å². The van der Waals surface area contributed by atoms with E-state index in [1.807, 2.05) is 18.2 Å². The van der Waals surface area contributed by atoms with Crippen molar-refractivity contribution in [1.29, 1.82) is 0 Å². The first kappa shape index (κ1) is 35.2. The standard InChI is InChI=1S/C20H29N3O3.C11H10F6O/c21-19(24)14-23-13-16(9-10-18(23)17-7-3-1-4-8-17)15-26-20(25)22-11-5-2-6-12-22;1-6(18-2)7-3-8(10(12,13)14)5-9(4-7)11(15,16)17/h1,3-4,7-8,16,18H,2,5-6,9-15H2,(H2,21,24);3-6H,1-2H3/t16-,18-;6-/m01/s1. The Balaban J connectivity index is 0.000000259. The Morgan fingerprint density at radius 3 is 2.05 bits per heavy atom. The summed E-state index contributed by atoms with van der Waals surface area (Å²) >= 11 is 0. The van der Waals surface area contributed by atoms with Crippen molar-refractivity contribution >= 4 is 12.0 Å². The monoisotopic (exact) mass is 631 g/mol. The van der Waals surface area contributed by atoms with Crippen molar-refractivity contribution in [1.82, 2.24) is 9.80 Å². The molecule has 244 valence electrons. The van der Waals surface area contributed by atoms with Crippen molar-refractivity contribution < 1.29 is 45.4 Å². The van der Waals surface area contributed by atoms with Crippen LogP contribution in [0.15, 0.2) is 48.5 Å². The van der Waals surface area contributed by atoms with Gasteiger partial charge in [-0.25, -0.2) is 4.79 Å². The third-order valence-corrected chi connectivity index (χ3v) is 7.81. The van der Waals surface area contributed by atoms with E-state index < -0.39 is 29.6 Å². The lowest BCUT2D eigenvalue weighted by molar-refractivity contribution is -0.143. The van der Waals surface area contributed by atoms with Gasteiger partial charge in [-0.05, 0) is 68.4 Å². The molecule has 7 nitrogen and oxygen atoms in total. The molecule has 0 radical (unpaired) electrons. The minimum Gasteiger partial charge on any atom is -0.449 e. The molecule has 2 aliphatic heterocycles. The molecule has 3 atom stereocenters. The van der Waals surface area contributed by atoms with Crippen LogP contribution in [0.3, 0.4) is 0 Å². The highest BCUT2D eigenvalue weighted by atomic mass is 19.4. The van der Waals surface area contributed by atoms with Crippen LogP contribution in [-0.2, 0) is 26.6 Å². The number of hydrogen-bond acceptors (Lipinski definition) is 5. The highest BCUT2D eigenvalue weighted by Crippen LogP contribution is 2.38. The molecule has 2 fully saturated rings. The van der Waals surface area contributed by atoms with Gasteiger partial charge in [-0.15, -0.1) is 0 Å². The normalized spacial score (nSPS) is 20.3. The first-order valence-corrected chi connectivity index (χ1v) is 14.5. The molecule has 2 saturated heterocycles. The fourth-order valence-corrected chi connectivity index (χ4v) is 5.40. The topological polar surface area (TPSA) is 85.1 Å². The quantitative estimate of drug-likeness (QED) is 0.334. The average Bonchev–Trinajstić information content (AvgIpc) is 2.99. The molecule has 2 N–H and O–H groups in total. The molecule has 0 aromatic heterocycles. The predicted octanol–water partition coefficient (Wildman–Crippen LogP) is 6.98. The van der Waals surface area contributed by atoms with Gasteiger partial charge in [0.2, 0.25) is 5.91 Å². The van der Waals surface area contributed by atoms with Gasteiger partial charge in [0.05, 0.1) is 30.4 Å². The number of nitrogens with zero attached hydrogens (tertiary/aromatic N) is 2. The van der Waals surface area contributed by atoms with Gasteiger partial charge >= 0.3 is 18.4 Å². The number of benzene rings is 2. The lowest BCUT2D eigenvalue weighted by Crippen LogP contribution is -2.44. The highest BCUT2D eigenvalue weighted by Gasteiger charge is 2.37. The minimum absolute atomic E-state index is 0.0892. The molecule has 2 aromatic rings. The van der Waals surface area contributed by atoms with Gasteiger partial charge in [-0.3, -0.25) is 9.69 Å². The van der Waals surface area contributed by atoms with Crippen LogP contribution in [-0.4, -0.2) is 61.7 Å². The number of carbonyl (C=O) groups excluding carboxylic acids is 2. The fraction of sp³-hybridized carbons (Fsp3) is 0.548. The molecule has 13 heteroatoms. The zero-order valence-electron chi connectivity index (χ0n) is 24.8. The van der Waals surface area contributed by atoms with Gasteiger partial charge < -0.3 is 20.1 Å². The number of amides is 2. The lowest BCUT2D eigenvalue weighted by Gasteiger charge is -2.39. The third-order valence-electron chi connectivity index (χ3n) is 7.81. The largest absolute Gasteiger partial charge is 0.449 e. The van der Waals surface area contributed by atoms with E-state index in [4.69, 9.17) is 15.2 Å². The van der Waals surface area contributed by atoms with E-state index >= 15 is 0 Å². The zero-order valence-corrected chi connectivity index (χ0v) is 24.8. The number of halogens is 6. The van der Waals surface area contributed by atoms with Crippen LogP contribution in [0.5, 0.6) is 0 Å². The highest BCUT2D eigenvalue weighted by molar-refractivity contribution is 5.76. The van der Waals surface area contributed by atoms with Crippen LogP contribution < -0.4 is 5.73 Å². The summed E-state index contributed by atoms with van der Waals surface area (Å²) in [5.74, 6) is -0.0834. The molecule has 0 bridgehead atoms. The molecule has 2 amide bonds. The van der Waals surface area contributed by atoms with Crippen LogP contribution >= 0.6 is 0 Å². The molecule has 4 rings (SSSR count). The Hall–Kier alpha value is -3.32. The third kappa shape index (κ3) is 10.4.